The van der Waals surface area contributed by atoms with Crippen molar-refractivity contribution in [1.82, 2.24) is 9.55 Å². The zero-order valence-corrected chi connectivity index (χ0v) is 17.1. The highest BCUT2D eigenvalue weighted by atomic mass is 35.5. The molecule has 3 aromatic carbocycles. The Balaban J connectivity index is 1.84. The highest BCUT2D eigenvalue weighted by molar-refractivity contribution is 7.89. The number of hydrogen-bond acceptors (Lipinski definition) is 4. The van der Waals surface area contributed by atoms with Crippen molar-refractivity contribution in [3.05, 3.63) is 101 Å². The van der Waals surface area contributed by atoms with Gasteiger partial charge in [-0.2, -0.15) is 0 Å². The molecule has 0 aliphatic rings. The molecular weight excluding hydrogens is 422 g/mol. The summed E-state index contributed by atoms with van der Waals surface area (Å²) in [5.41, 5.74) is 2.17. The zero-order valence-electron chi connectivity index (χ0n) is 15.6. The fraction of sp³-hybridized carbons (Fsp3) is 0. The van der Waals surface area contributed by atoms with E-state index in [2.05, 4.69) is 4.98 Å². The molecule has 4 rings (SSSR count). The number of nitrogens with two attached hydrogens (primary N) is 1. The number of ketones is 1. The van der Waals surface area contributed by atoms with Crippen LogP contribution in [0.15, 0.2) is 90.0 Å². The van der Waals surface area contributed by atoms with Gasteiger partial charge in [0, 0.05) is 28.0 Å². The van der Waals surface area contributed by atoms with Crippen molar-refractivity contribution in [3.8, 4) is 17.1 Å². The Hall–Kier alpha value is -3.26. The molecule has 0 saturated heterocycles. The van der Waals surface area contributed by atoms with E-state index in [9.17, 15) is 13.2 Å². The van der Waals surface area contributed by atoms with Gasteiger partial charge >= 0.3 is 0 Å². The summed E-state index contributed by atoms with van der Waals surface area (Å²) < 4.78 is 24.8. The Bertz CT molecular complexity index is 1310. The maximum absolute atomic E-state index is 12.9. The molecule has 1 heterocycles. The van der Waals surface area contributed by atoms with Crippen molar-refractivity contribution in [3.63, 3.8) is 0 Å². The summed E-state index contributed by atoms with van der Waals surface area (Å²) in [6.45, 7) is 0. The molecule has 30 heavy (non-hydrogen) atoms. The van der Waals surface area contributed by atoms with Crippen LogP contribution < -0.4 is 5.14 Å². The van der Waals surface area contributed by atoms with E-state index in [-0.39, 0.29) is 16.4 Å². The normalized spacial score (nSPS) is 11.4. The number of benzene rings is 3. The summed E-state index contributed by atoms with van der Waals surface area (Å²) in [6, 6.07) is 22.0. The van der Waals surface area contributed by atoms with Gasteiger partial charge in [0.1, 0.15) is 11.5 Å². The number of primary sulfonamides is 1. The third kappa shape index (κ3) is 4.04. The van der Waals surface area contributed by atoms with Crippen LogP contribution in [0.3, 0.4) is 0 Å². The molecule has 0 unspecified atom stereocenters. The van der Waals surface area contributed by atoms with Crippen molar-refractivity contribution in [2.24, 2.45) is 5.14 Å². The van der Waals surface area contributed by atoms with Crippen LogP contribution in [0, 0.1) is 0 Å². The first-order valence-electron chi connectivity index (χ1n) is 8.91. The molecule has 0 atom stereocenters. The molecule has 0 fully saturated rings. The summed E-state index contributed by atoms with van der Waals surface area (Å²) in [5.74, 6) is 0.306. The Kier molecular flexibility index (Phi) is 5.26. The van der Waals surface area contributed by atoms with E-state index >= 15 is 0 Å². The number of halogens is 1. The highest BCUT2D eigenvalue weighted by Gasteiger charge is 2.18. The van der Waals surface area contributed by atoms with Crippen LogP contribution in [0.2, 0.25) is 5.02 Å². The molecule has 4 aromatic rings. The summed E-state index contributed by atoms with van der Waals surface area (Å²) in [4.78, 5) is 17.5. The van der Waals surface area contributed by atoms with Gasteiger partial charge in [0.05, 0.1) is 4.90 Å². The molecule has 6 nitrogen and oxygen atoms in total. The van der Waals surface area contributed by atoms with Crippen molar-refractivity contribution in [2.45, 2.75) is 4.90 Å². The first-order valence-corrected chi connectivity index (χ1v) is 10.8. The lowest BCUT2D eigenvalue weighted by molar-refractivity contribution is 0.103. The molecule has 0 bridgehead atoms. The smallest absolute Gasteiger partial charge is 0.238 e. The van der Waals surface area contributed by atoms with Gasteiger partial charge in [-0.25, -0.2) is 18.5 Å². The summed E-state index contributed by atoms with van der Waals surface area (Å²) >= 11 is 6.00. The van der Waals surface area contributed by atoms with E-state index in [0.717, 1.165) is 5.56 Å². The maximum Gasteiger partial charge on any atom is 0.238 e. The Labute approximate surface area is 178 Å². The third-order valence-corrected chi connectivity index (χ3v) is 5.70. The van der Waals surface area contributed by atoms with Crippen molar-refractivity contribution < 1.29 is 13.2 Å². The number of nitrogens with zero attached hydrogens (tertiary/aromatic N) is 2. The molecular formula is C22H16ClN3O3S. The second-order valence-electron chi connectivity index (χ2n) is 6.56. The predicted octanol–water partition coefficient (Wildman–Crippen LogP) is 4.07. The van der Waals surface area contributed by atoms with E-state index in [1.165, 1.54) is 12.1 Å². The fourth-order valence-corrected chi connectivity index (χ4v) is 3.66. The van der Waals surface area contributed by atoms with Gasteiger partial charge in [0.25, 0.3) is 0 Å². The van der Waals surface area contributed by atoms with Crippen LogP contribution in [-0.2, 0) is 10.0 Å². The predicted molar refractivity (Wildman–Crippen MR) is 115 cm³/mol. The largest absolute Gasteiger partial charge is 0.299 e. The first kappa shape index (κ1) is 20.0. The maximum atomic E-state index is 12.9. The standard InChI is InChI=1S/C22H16ClN3O3S/c23-17-8-6-16(7-9-17)22-25-20(21(27)15-4-2-1-3-5-15)14-26(22)18-10-12-19(13-11-18)30(24,28)29/h1-14H,(H2,24,28,29). The zero-order chi connectivity index (χ0) is 21.3. The average Bonchev–Trinajstić information content (AvgIpc) is 3.19. The van der Waals surface area contributed by atoms with Crippen LogP contribution >= 0.6 is 11.6 Å². The lowest BCUT2D eigenvalue weighted by Gasteiger charge is -2.08. The van der Waals surface area contributed by atoms with Gasteiger partial charge in [-0.15, -0.1) is 0 Å². The number of carbonyl (C=O) groups excluding carboxylic acids is 1. The average molecular weight is 438 g/mol. The fourth-order valence-electron chi connectivity index (χ4n) is 3.02. The molecule has 150 valence electrons. The SMILES string of the molecule is NS(=O)(=O)c1ccc(-n2cc(C(=O)c3ccccc3)nc2-c2ccc(Cl)cc2)cc1. The quantitative estimate of drug-likeness (QED) is 0.476. The van der Waals surface area contributed by atoms with Crippen molar-refractivity contribution in [1.29, 1.82) is 0 Å². The van der Waals surface area contributed by atoms with Gasteiger partial charge in [0.15, 0.2) is 0 Å². The van der Waals surface area contributed by atoms with Crippen molar-refractivity contribution in [2.75, 3.05) is 0 Å². The number of sulfonamides is 1. The van der Waals surface area contributed by atoms with E-state index in [4.69, 9.17) is 16.7 Å². The number of rotatable bonds is 5. The molecule has 0 aliphatic carbocycles. The molecule has 0 aliphatic heterocycles. The van der Waals surface area contributed by atoms with Crippen LogP contribution in [0.5, 0.6) is 0 Å². The minimum absolute atomic E-state index is 0.00000588. The van der Waals surface area contributed by atoms with Gasteiger partial charge in [-0.3, -0.25) is 9.36 Å². The Morgan fingerprint density at radius 2 is 1.53 bits per heavy atom. The molecule has 0 amide bonds. The number of carbonyl (C=O) groups is 1. The number of imidazole rings is 1. The van der Waals surface area contributed by atoms with Crippen LogP contribution in [0.4, 0.5) is 0 Å². The number of hydrogen-bond donors (Lipinski definition) is 1. The minimum Gasteiger partial charge on any atom is -0.299 e. The Morgan fingerprint density at radius 1 is 0.900 bits per heavy atom. The van der Waals surface area contributed by atoms with Crippen molar-refractivity contribution >= 4 is 27.4 Å². The second kappa shape index (κ2) is 7.87. The van der Waals surface area contributed by atoms with E-state index < -0.39 is 10.0 Å². The van der Waals surface area contributed by atoms with Gasteiger partial charge < -0.3 is 0 Å². The highest BCUT2D eigenvalue weighted by Crippen LogP contribution is 2.26. The van der Waals surface area contributed by atoms with Gasteiger partial charge in [-0.1, -0.05) is 41.9 Å². The molecule has 0 spiro atoms. The Morgan fingerprint density at radius 3 is 2.13 bits per heavy atom. The van der Waals surface area contributed by atoms with E-state index in [1.807, 2.05) is 6.07 Å². The summed E-state index contributed by atoms with van der Waals surface area (Å²) in [5, 5.41) is 5.76. The first-order chi connectivity index (χ1) is 14.3. The van der Waals surface area contributed by atoms with E-state index in [0.29, 0.717) is 22.1 Å². The topological polar surface area (TPSA) is 95.0 Å². The lowest BCUT2D eigenvalue weighted by atomic mass is 10.1. The molecule has 1 aromatic heterocycles. The van der Waals surface area contributed by atoms with Crippen LogP contribution in [-0.4, -0.2) is 23.8 Å². The molecule has 0 saturated carbocycles. The van der Waals surface area contributed by atoms with Crippen LogP contribution in [0.25, 0.3) is 17.1 Å². The molecule has 8 heteroatoms. The van der Waals surface area contributed by atoms with Gasteiger partial charge in [0.2, 0.25) is 15.8 Å². The monoisotopic (exact) mass is 437 g/mol. The third-order valence-electron chi connectivity index (χ3n) is 4.52. The summed E-state index contributed by atoms with van der Waals surface area (Å²) in [6.07, 6.45) is 1.63. The van der Waals surface area contributed by atoms with Crippen LogP contribution in [0.1, 0.15) is 16.1 Å². The lowest BCUT2D eigenvalue weighted by Crippen LogP contribution is -2.12. The second-order valence-corrected chi connectivity index (χ2v) is 8.56. The number of aromatic nitrogens is 2. The minimum atomic E-state index is -3.81. The summed E-state index contributed by atoms with van der Waals surface area (Å²) in [7, 11) is -3.81. The molecule has 0 radical (unpaired) electrons. The van der Waals surface area contributed by atoms with Gasteiger partial charge in [-0.05, 0) is 48.5 Å². The van der Waals surface area contributed by atoms with E-state index in [1.54, 1.807) is 71.4 Å². The molecule has 2 N–H and O–H groups in total.